The minimum absolute atomic E-state index is 0.102. The van der Waals surface area contributed by atoms with Crippen molar-refractivity contribution in [2.24, 2.45) is 5.92 Å². The van der Waals surface area contributed by atoms with Crippen LogP contribution in [0.2, 0.25) is 0 Å². The summed E-state index contributed by atoms with van der Waals surface area (Å²) in [5.74, 6) is -0.485. The van der Waals surface area contributed by atoms with Gasteiger partial charge in [0.15, 0.2) is 0 Å². The number of esters is 1. The van der Waals surface area contributed by atoms with E-state index in [1.165, 1.54) is 12.1 Å². The lowest BCUT2D eigenvalue weighted by atomic mass is 9.86. The van der Waals surface area contributed by atoms with E-state index in [-0.39, 0.29) is 17.7 Å². The van der Waals surface area contributed by atoms with Gasteiger partial charge in [0, 0.05) is 16.6 Å². The number of rotatable bonds is 2. The van der Waals surface area contributed by atoms with Crippen molar-refractivity contribution < 1.29 is 13.9 Å². The van der Waals surface area contributed by atoms with E-state index in [1.807, 2.05) is 6.92 Å². The molecule has 0 aliphatic heterocycles. The van der Waals surface area contributed by atoms with E-state index < -0.39 is 0 Å². The third kappa shape index (κ3) is 2.11. The van der Waals surface area contributed by atoms with Gasteiger partial charge in [-0.2, -0.15) is 0 Å². The third-order valence-corrected chi connectivity index (χ3v) is 3.77. The predicted molar refractivity (Wildman–Crippen MR) is 70.4 cm³/mol. The van der Waals surface area contributed by atoms with Crippen molar-refractivity contribution in [2.75, 3.05) is 6.61 Å². The number of fused-ring (bicyclic) bond motifs is 3. The van der Waals surface area contributed by atoms with Crippen LogP contribution in [-0.2, 0) is 22.4 Å². The molecule has 0 bridgehead atoms. The SMILES string of the molecule is CCOC(=O)C1CCc2[nH]c3ccc(F)cc3c2C1. The highest BCUT2D eigenvalue weighted by Gasteiger charge is 2.28. The molecule has 1 heterocycles. The zero-order valence-corrected chi connectivity index (χ0v) is 10.8. The number of hydrogen-bond acceptors (Lipinski definition) is 2. The molecule has 0 saturated carbocycles. The molecule has 0 radical (unpaired) electrons. The first-order valence-electron chi connectivity index (χ1n) is 6.64. The summed E-state index contributed by atoms with van der Waals surface area (Å²) in [5, 5.41) is 0.893. The van der Waals surface area contributed by atoms with E-state index >= 15 is 0 Å². The molecule has 1 aliphatic carbocycles. The predicted octanol–water partition coefficient (Wildman–Crippen LogP) is 2.98. The van der Waals surface area contributed by atoms with Crippen LogP contribution >= 0.6 is 0 Å². The number of halogens is 1. The Balaban J connectivity index is 1.97. The Kier molecular flexibility index (Phi) is 3.01. The van der Waals surface area contributed by atoms with Crippen LogP contribution in [0.5, 0.6) is 0 Å². The summed E-state index contributed by atoms with van der Waals surface area (Å²) in [4.78, 5) is 15.1. The van der Waals surface area contributed by atoms with Crippen LogP contribution in [0.25, 0.3) is 10.9 Å². The molecular weight excluding hydrogens is 245 g/mol. The van der Waals surface area contributed by atoms with E-state index in [1.54, 1.807) is 6.07 Å². The lowest BCUT2D eigenvalue weighted by molar-refractivity contribution is -0.148. The monoisotopic (exact) mass is 261 g/mol. The van der Waals surface area contributed by atoms with Crippen molar-refractivity contribution in [1.29, 1.82) is 0 Å². The second-order valence-corrected chi connectivity index (χ2v) is 4.96. The molecule has 1 aromatic heterocycles. The van der Waals surface area contributed by atoms with Crippen molar-refractivity contribution in [3.63, 3.8) is 0 Å². The van der Waals surface area contributed by atoms with Crippen molar-refractivity contribution >= 4 is 16.9 Å². The number of H-pyrrole nitrogens is 1. The Bertz CT molecular complexity index is 632. The minimum atomic E-state index is -0.243. The molecule has 0 fully saturated rings. The van der Waals surface area contributed by atoms with E-state index in [0.717, 1.165) is 35.0 Å². The Morgan fingerprint density at radius 2 is 2.37 bits per heavy atom. The van der Waals surface area contributed by atoms with E-state index in [2.05, 4.69) is 4.98 Å². The van der Waals surface area contributed by atoms with Gasteiger partial charge in [-0.15, -0.1) is 0 Å². The number of aromatic amines is 1. The molecule has 1 aromatic carbocycles. The Morgan fingerprint density at radius 1 is 1.53 bits per heavy atom. The summed E-state index contributed by atoms with van der Waals surface area (Å²) in [5.41, 5.74) is 3.14. The van der Waals surface area contributed by atoms with Crippen molar-refractivity contribution in [1.82, 2.24) is 4.98 Å². The molecule has 0 amide bonds. The van der Waals surface area contributed by atoms with Crippen LogP contribution in [0.4, 0.5) is 4.39 Å². The van der Waals surface area contributed by atoms with Crippen molar-refractivity contribution in [3.8, 4) is 0 Å². The number of ether oxygens (including phenoxy) is 1. The number of aryl methyl sites for hydroxylation is 1. The van der Waals surface area contributed by atoms with E-state index in [0.29, 0.717) is 13.0 Å². The molecule has 3 nitrogen and oxygen atoms in total. The molecule has 1 N–H and O–H groups in total. The average molecular weight is 261 g/mol. The second-order valence-electron chi connectivity index (χ2n) is 4.96. The highest BCUT2D eigenvalue weighted by atomic mass is 19.1. The smallest absolute Gasteiger partial charge is 0.309 e. The lowest BCUT2D eigenvalue weighted by Gasteiger charge is -2.20. The van der Waals surface area contributed by atoms with Gasteiger partial charge in [-0.25, -0.2) is 4.39 Å². The number of carbonyl (C=O) groups is 1. The normalized spacial score (nSPS) is 18.3. The van der Waals surface area contributed by atoms with Gasteiger partial charge < -0.3 is 9.72 Å². The topological polar surface area (TPSA) is 42.1 Å². The maximum absolute atomic E-state index is 13.4. The van der Waals surface area contributed by atoms with Crippen LogP contribution in [0.15, 0.2) is 18.2 Å². The van der Waals surface area contributed by atoms with Gasteiger partial charge in [-0.1, -0.05) is 0 Å². The molecule has 100 valence electrons. The molecule has 3 rings (SSSR count). The number of carbonyl (C=O) groups excluding carboxylic acids is 1. The van der Waals surface area contributed by atoms with Gasteiger partial charge in [0.1, 0.15) is 5.82 Å². The summed E-state index contributed by atoms with van der Waals surface area (Å²) >= 11 is 0. The fourth-order valence-corrected chi connectivity index (χ4v) is 2.85. The largest absolute Gasteiger partial charge is 0.466 e. The summed E-state index contributed by atoms with van der Waals surface area (Å²) < 4.78 is 18.4. The maximum atomic E-state index is 13.4. The standard InChI is InChI=1S/C15H16FNO2/c1-2-19-15(18)9-3-5-13-11(7-9)12-8-10(16)4-6-14(12)17-13/h4,6,8-9,17H,2-3,5,7H2,1H3. The first-order valence-corrected chi connectivity index (χ1v) is 6.64. The summed E-state index contributed by atoms with van der Waals surface area (Å²) in [6.45, 7) is 2.22. The van der Waals surface area contributed by atoms with Gasteiger partial charge in [0.25, 0.3) is 0 Å². The van der Waals surface area contributed by atoms with Crippen LogP contribution in [0.3, 0.4) is 0 Å². The van der Waals surface area contributed by atoms with Gasteiger partial charge >= 0.3 is 5.97 Å². The Hall–Kier alpha value is -1.84. The molecular formula is C15H16FNO2. The van der Waals surface area contributed by atoms with Crippen LogP contribution in [-0.4, -0.2) is 17.6 Å². The second kappa shape index (κ2) is 4.68. The van der Waals surface area contributed by atoms with Gasteiger partial charge in [0.2, 0.25) is 0 Å². The van der Waals surface area contributed by atoms with Crippen molar-refractivity contribution in [2.45, 2.75) is 26.2 Å². The Morgan fingerprint density at radius 3 is 3.16 bits per heavy atom. The maximum Gasteiger partial charge on any atom is 0.309 e. The fraction of sp³-hybridized carbons (Fsp3) is 0.400. The molecule has 4 heteroatoms. The summed E-state index contributed by atoms with van der Waals surface area (Å²) in [7, 11) is 0. The van der Waals surface area contributed by atoms with Crippen LogP contribution in [0.1, 0.15) is 24.6 Å². The molecule has 1 atom stereocenters. The van der Waals surface area contributed by atoms with Crippen molar-refractivity contribution in [3.05, 3.63) is 35.3 Å². The van der Waals surface area contributed by atoms with Gasteiger partial charge in [-0.3, -0.25) is 4.79 Å². The number of hydrogen-bond donors (Lipinski definition) is 1. The highest BCUT2D eigenvalue weighted by molar-refractivity contribution is 5.86. The number of benzene rings is 1. The van der Waals surface area contributed by atoms with E-state index in [9.17, 15) is 9.18 Å². The third-order valence-electron chi connectivity index (χ3n) is 3.77. The highest BCUT2D eigenvalue weighted by Crippen LogP contribution is 2.32. The molecule has 0 saturated heterocycles. The van der Waals surface area contributed by atoms with Gasteiger partial charge in [-0.05, 0) is 49.9 Å². The number of aromatic nitrogens is 1. The summed E-state index contributed by atoms with van der Waals surface area (Å²) in [6.07, 6.45) is 2.24. The first kappa shape index (κ1) is 12.2. The Labute approximate surface area is 110 Å². The lowest BCUT2D eigenvalue weighted by Crippen LogP contribution is -2.24. The fourth-order valence-electron chi connectivity index (χ4n) is 2.85. The molecule has 1 aliphatic rings. The summed E-state index contributed by atoms with van der Waals surface area (Å²) in [6, 6.07) is 4.74. The zero-order valence-electron chi connectivity index (χ0n) is 10.8. The first-order chi connectivity index (χ1) is 9.19. The molecule has 2 aromatic rings. The van der Waals surface area contributed by atoms with Gasteiger partial charge in [0.05, 0.1) is 12.5 Å². The average Bonchev–Trinajstić information content (AvgIpc) is 2.76. The molecule has 19 heavy (non-hydrogen) atoms. The number of nitrogens with one attached hydrogen (secondary N) is 1. The quantitative estimate of drug-likeness (QED) is 0.844. The van der Waals surface area contributed by atoms with E-state index in [4.69, 9.17) is 4.74 Å². The minimum Gasteiger partial charge on any atom is -0.466 e. The van der Waals surface area contributed by atoms with Crippen LogP contribution < -0.4 is 0 Å². The molecule has 1 unspecified atom stereocenters. The zero-order chi connectivity index (χ0) is 13.4. The van der Waals surface area contributed by atoms with Crippen LogP contribution in [0, 0.1) is 11.7 Å². The molecule has 0 spiro atoms.